The number of Topliss-reactive ketones (excluding diaryl/α,β-unsaturated/α-hetero) is 2. The number of ketones is 2. The smallest absolute Gasteiger partial charge is 0.257 e. The van der Waals surface area contributed by atoms with Crippen molar-refractivity contribution in [1.29, 1.82) is 0 Å². The standard InChI is InChI=1S/C23H16N2O3S/c1-14-7-12-18-19(13-14)29-23(24-18)25-22(28)17-10-8-16(9-11-17)21(27)20(26)15-5-3-2-4-6-15/h2-13H,1H3,(H,24,25,28). The summed E-state index contributed by atoms with van der Waals surface area (Å²) in [4.78, 5) is 41.6. The molecule has 0 saturated heterocycles. The SMILES string of the molecule is Cc1ccc2nc(NC(=O)c3ccc(C(=O)C(=O)c4ccccc4)cc3)sc2c1. The highest BCUT2D eigenvalue weighted by molar-refractivity contribution is 7.22. The molecule has 4 rings (SSSR count). The molecule has 29 heavy (non-hydrogen) atoms. The van der Waals surface area contributed by atoms with Crippen LogP contribution in [0.15, 0.2) is 72.8 Å². The molecular weight excluding hydrogens is 384 g/mol. The Kier molecular flexibility index (Phi) is 5.01. The van der Waals surface area contributed by atoms with Gasteiger partial charge in [0, 0.05) is 16.7 Å². The molecule has 0 bridgehead atoms. The molecule has 4 aromatic rings. The number of aromatic nitrogens is 1. The number of rotatable bonds is 5. The van der Waals surface area contributed by atoms with E-state index in [1.807, 2.05) is 25.1 Å². The Bertz CT molecular complexity index is 1230. The zero-order valence-corrected chi connectivity index (χ0v) is 16.3. The molecule has 0 aliphatic heterocycles. The summed E-state index contributed by atoms with van der Waals surface area (Å²) in [5, 5.41) is 3.29. The fourth-order valence-corrected chi connectivity index (χ4v) is 3.84. The Hall–Kier alpha value is -3.64. The van der Waals surface area contributed by atoms with E-state index in [0.717, 1.165) is 15.8 Å². The minimum atomic E-state index is -0.607. The van der Waals surface area contributed by atoms with Crippen LogP contribution in [0.1, 0.15) is 36.6 Å². The molecule has 0 atom stereocenters. The van der Waals surface area contributed by atoms with E-state index in [1.165, 1.54) is 35.6 Å². The monoisotopic (exact) mass is 400 g/mol. The van der Waals surface area contributed by atoms with Crippen LogP contribution < -0.4 is 5.32 Å². The largest absolute Gasteiger partial charge is 0.298 e. The molecule has 142 valence electrons. The summed E-state index contributed by atoms with van der Waals surface area (Å²) in [7, 11) is 0. The zero-order valence-electron chi connectivity index (χ0n) is 15.5. The van der Waals surface area contributed by atoms with Crippen LogP contribution in [-0.4, -0.2) is 22.5 Å². The number of aryl methyl sites for hydroxylation is 1. The minimum Gasteiger partial charge on any atom is -0.298 e. The number of nitrogens with one attached hydrogen (secondary N) is 1. The predicted molar refractivity (Wildman–Crippen MR) is 114 cm³/mol. The van der Waals surface area contributed by atoms with Gasteiger partial charge in [0.15, 0.2) is 5.13 Å². The van der Waals surface area contributed by atoms with Gasteiger partial charge in [-0.25, -0.2) is 4.98 Å². The summed E-state index contributed by atoms with van der Waals surface area (Å²) in [5.41, 5.74) is 2.92. The van der Waals surface area contributed by atoms with Crippen LogP contribution in [0.5, 0.6) is 0 Å². The van der Waals surface area contributed by atoms with E-state index in [4.69, 9.17) is 0 Å². The number of amides is 1. The second-order valence-corrected chi connectivity index (χ2v) is 7.58. The quantitative estimate of drug-likeness (QED) is 0.381. The van der Waals surface area contributed by atoms with Gasteiger partial charge in [-0.2, -0.15) is 0 Å². The molecule has 0 unspecified atom stereocenters. The average molecular weight is 400 g/mol. The molecular formula is C23H16N2O3S. The van der Waals surface area contributed by atoms with Gasteiger partial charge in [-0.3, -0.25) is 19.7 Å². The van der Waals surface area contributed by atoms with E-state index in [0.29, 0.717) is 16.3 Å². The summed E-state index contributed by atoms with van der Waals surface area (Å²) in [6, 6.07) is 20.3. The van der Waals surface area contributed by atoms with Crippen molar-refractivity contribution >= 4 is 44.2 Å². The maximum absolute atomic E-state index is 12.5. The Morgan fingerprint density at radius 2 is 1.41 bits per heavy atom. The molecule has 0 spiro atoms. The summed E-state index contributed by atoms with van der Waals surface area (Å²) in [6.07, 6.45) is 0. The van der Waals surface area contributed by atoms with E-state index in [9.17, 15) is 14.4 Å². The number of hydrogen-bond acceptors (Lipinski definition) is 5. The normalized spacial score (nSPS) is 10.7. The molecule has 1 amide bonds. The van der Waals surface area contributed by atoms with Crippen LogP contribution in [0.4, 0.5) is 5.13 Å². The van der Waals surface area contributed by atoms with Crippen LogP contribution in [0.2, 0.25) is 0 Å². The highest BCUT2D eigenvalue weighted by Gasteiger charge is 2.18. The third-order valence-electron chi connectivity index (χ3n) is 4.42. The van der Waals surface area contributed by atoms with Crippen LogP contribution in [0.25, 0.3) is 10.2 Å². The van der Waals surface area contributed by atoms with E-state index in [2.05, 4.69) is 10.3 Å². The molecule has 1 aromatic heterocycles. The number of fused-ring (bicyclic) bond motifs is 1. The molecule has 0 saturated carbocycles. The van der Waals surface area contributed by atoms with Gasteiger partial charge in [-0.05, 0) is 36.8 Å². The van der Waals surface area contributed by atoms with Gasteiger partial charge in [0.2, 0.25) is 11.6 Å². The lowest BCUT2D eigenvalue weighted by Gasteiger charge is -2.04. The summed E-state index contributed by atoms with van der Waals surface area (Å²) in [6.45, 7) is 2.00. The lowest BCUT2D eigenvalue weighted by Crippen LogP contribution is -2.15. The number of hydrogen-bond donors (Lipinski definition) is 1. The Balaban J connectivity index is 1.48. The molecule has 5 nitrogen and oxygen atoms in total. The van der Waals surface area contributed by atoms with Crippen molar-refractivity contribution in [3.05, 3.63) is 95.1 Å². The molecule has 0 aliphatic carbocycles. The lowest BCUT2D eigenvalue weighted by molar-refractivity contribution is 0.0817. The fourth-order valence-electron chi connectivity index (χ4n) is 2.88. The van der Waals surface area contributed by atoms with Crippen molar-refractivity contribution in [2.24, 2.45) is 0 Å². The van der Waals surface area contributed by atoms with Crippen molar-refractivity contribution < 1.29 is 14.4 Å². The zero-order chi connectivity index (χ0) is 20.4. The summed E-state index contributed by atoms with van der Waals surface area (Å²) < 4.78 is 1.00. The van der Waals surface area contributed by atoms with E-state index < -0.39 is 11.6 Å². The van der Waals surface area contributed by atoms with Gasteiger partial charge >= 0.3 is 0 Å². The van der Waals surface area contributed by atoms with Crippen molar-refractivity contribution in [1.82, 2.24) is 4.98 Å². The number of carbonyl (C=O) groups is 3. The molecule has 6 heteroatoms. The van der Waals surface area contributed by atoms with Gasteiger partial charge in [-0.1, -0.05) is 59.9 Å². The van der Waals surface area contributed by atoms with Crippen LogP contribution in [0, 0.1) is 6.92 Å². The lowest BCUT2D eigenvalue weighted by atomic mass is 10.0. The maximum Gasteiger partial charge on any atom is 0.257 e. The van der Waals surface area contributed by atoms with Crippen LogP contribution in [0.3, 0.4) is 0 Å². The molecule has 0 aliphatic rings. The summed E-state index contributed by atoms with van der Waals surface area (Å²) >= 11 is 1.40. The first-order valence-electron chi connectivity index (χ1n) is 8.94. The predicted octanol–water partition coefficient (Wildman–Crippen LogP) is 4.92. The number of carbonyl (C=O) groups excluding carboxylic acids is 3. The summed E-state index contributed by atoms with van der Waals surface area (Å²) in [5.74, 6) is -1.51. The first-order chi connectivity index (χ1) is 14.0. The Morgan fingerprint density at radius 3 is 2.10 bits per heavy atom. The Morgan fingerprint density at radius 1 is 0.793 bits per heavy atom. The van der Waals surface area contributed by atoms with Gasteiger partial charge in [0.05, 0.1) is 10.2 Å². The highest BCUT2D eigenvalue weighted by Crippen LogP contribution is 2.27. The molecule has 1 N–H and O–H groups in total. The second-order valence-electron chi connectivity index (χ2n) is 6.55. The van der Waals surface area contributed by atoms with Crippen molar-refractivity contribution in [3.8, 4) is 0 Å². The van der Waals surface area contributed by atoms with E-state index in [1.54, 1.807) is 30.3 Å². The van der Waals surface area contributed by atoms with Crippen molar-refractivity contribution in [2.45, 2.75) is 6.92 Å². The number of anilines is 1. The minimum absolute atomic E-state index is 0.242. The third-order valence-corrected chi connectivity index (χ3v) is 5.35. The van der Waals surface area contributed by atoms with E-state index >= 15 is 0 Å². The number of benzene rings is 3. The fraction of sp³-hybridized carbons (Fsp3) is 0.0435. The first-order valence-corrected chi connectivity index (χ1v) is 9.75. The first kappa shape index (κ1) is 18.7. The van der Waals surface area contributed by atoms with Crippen LogP contribution in [-0.2, 0) is 0 Å². The van der Waals surface area contributed by atoms with Gasteiger partial charge < -0.3 is 0 Å². The topological polar surface area (TPSA) is 76.1 Å². The second kappa shape index (κ2) is 7.77. The van der Waals surface area contributed by atoms with Gasteiger partial charge in [0.25, 0.3) is 5.91 Å². The average Bonchev–Trinajstić information content (AvgIpc) is 3.14. The maximum atomic E-state index is 12.5. The number of nitrogens with zero attached hydrogens (tertiary/aromatic N) is 1. The van der Waals surface area contributed by atoms with Crippen molar-refractivity contribution in [2.75, 3.05) is 5.32 Å². The molecule has 1 heterocycles. The molecule has 0 radical (unpaired) electrons. The third kappa shape index (κ3) is 3.97. The molecule has 3 aromatic carbocycles. The van der Waals surface area contributed by atoms with E-state index in [-0.39, 0.29) is 11.5 Å². The van der Waals surface area contributed by atoms with Gasteiger partial charge in [-0.15, -0.1) is 0 Å². The number of thiazole rings is 1. The Labute approximate surface area is 171 Å². The van der Waals surface area contributed by atoms with Crippen LogP contribution >= 0.6 is 11.3 Å². The van der Waals surface area contributed by atoms with Gasteiger partial charge in [0.1, 0.15) is 0 Å². The highest BCUT2D eigenvalue weighted by atomic mass is 32.1. The molecule has 0 fully saturated rings. The van der Waals surface area contributed by atoms with Crippen molar-refractivity contribution in [3.63, 3.8) is 0 Å².